The predicted octanol–water partition coefficient (Wildman–Crippen LogP) is 2.33. The van der Waals surface area contributed by atoms with Crippen molar-refractivity contribution in [3.8, 4) is 0 Å². The van der Waals surface area contributed by atoms with E-state index in [1.54, 1.807) is 6.92 Å². The molecule has 6 nitrogen and oxygen atoms in total. The van der Waals surface area contributed by atoms with Gasteiger partial charge in [0.25, 0.3) is 0 Å². The van der Waals surface area contributed by atoms with Gasteiger partial charge in [0.2, 0.25) is 5.91 Å². The van der Waals surface area contributed by atoms with Crippen molar-refractivity contribution in [2.45, 2.75) is 33.8 Å². The Kier molecular flexibility index (Phi) is 3.83. The zero-order valence-electron chi connectivity index (χ0n) is 13.8. The van der Waals surface area contributed by atoms with Crippen LogP contribution in [0.4, 0.5) is 4.79 Å². The summed E-state index contributed by atoms with van der Waals surface area (Å²) in [5.74, 6) is -0.906. The second-order valence-corrected chi connectivity index (χ2v) is 6.14. The fraction of sp³-hybridized carbons (Fsp3) is 0.471. The number of aryl methyl sites for hydroxylation is 3. The standard InChI is InChI=1S/C17H20N2O4/c1-9-7-10(2)13(11(3)8-9)15-14(12(4)23-18-15)16(20)19-5-6-22-17(19)21/h7-8,12,14H,5-6H2,1-4H3. The van der Waals surface area contributed by atoms with Crippen LogP contribution in [0.25, 0.3) is 0 Å². The van der Waals surface area contributed by atoms with E-state index in [4.69, 9.17) is 9.57 Å². The smallest absolute Gasteiger partial charge is 0.416 e. The lowest BCUT2D eigenvalue weighted by Crippen LogP contribution is -2.43. The van der Waals surface area contributed by atoms with Gasteiger partial charge in [-0.1, -0.05) is 22.9 Å². The maximum atomic E-state index is 12.8. The zero-order valence-corrected chi connectivity index (χ0v) is 13.8. The van der Waals surface area contributed by atoms with Gasteiger partial charge in [0.1, 0.15) is 24.3 Å². The molecule has 1 aromatic rings. The number of rotatable bonds is 2. The Morgan fingerprint density at radius 1 is 1.26 bits per heavy atom. The number of hydrogen-bond acceptors (Lipinski definition) is 5. The SMILES string of the molecule is Cc1cc(C)c(C2=NOC(C)C2C(=O)N2CCOC2=O)c(C)c1. The third-order valence-electron chi connectivity index (χ3n) is 4.31. The van der Waals surface area contributed by atoms with Gasteiger partial charge in [-0.2, -0.15) is 0 Å². The summed E-state index contributed by atoms with van der Waals surface area (Å²) >= 11 is 0. The highest BCUT2D eigenvalue weighted by Gasteiger charge is 2.44. The van der Waals surface area contributed by atoms with Gasteiger partial charge in [0.15, 0.2) is 0 Å². The number of oxime groups is 1. The van der Waals surface area contributed by atoms with Gasteiger partial charge < -0.3 is 9.57 Å². The van der Waals surface area contributed by atoms with Crippen LogP contribution < -0.4 is 0 Å². The van der Waals surface area contributed by atoms with Crippen LogP contribution in [0.3, 0.4) is 0 Å². The largest absolute Gasteiger partial charge is 0.447 e. The van der Waals surface area contributed by atoms with E-state index in [0.717, 1.165) is 27.2 Å². The van der Waals surface area contributed by atoms with Crippen LogP contribution in [0, 0.1) is 26.7 Å². The van der Waals surface area contributed by atoms with E-state index in [-0.39, 0.29) is 19.1 Å². The number of carbonyl (C=O) groups excluding carboxylic acids is 2. The Morgan fingerprint density at radius 2 is 1.91 bits per heavy atom. The Balaban J connectivity index is 1.99. The highest BCUT2D eigenvalue weighted by atomic mass is 16.6. The van der Waals surface area contributed by atoms with E-state index in [1.165, 1.54) is 0 Å². The minimum Gasteiger partial charge on any atom is -0.447 e. The van der Waals surface area contributed by atoms with Crippen molar-refractivity contribution in [1.82, 2.24) is 4.90 Å². The third kappa shape index (κ3) is 2.58. The van der Waals surface area contributed by atoms with Gasteiger partial charge in [-0.15, -0.1) is 0 Å². The van der Waals surface area contributed by atoms with Gasteiger partial charge in [-0.05, 0) is 38.8 Å². The Bertz CT molecular complexity index is 688. The summed E-state index contributed by atoms with van der Waals surface area (Å²) in [6, 6.07) is 4.11. The highest BCUT2D eigenvalue weighted by Crippen LogP contribution is 2.29. The molecule has 0 radical (unpaired) electrons. The van der Waals surface area contributed by atoms with Gasteiger partial charge in [-0.25, -0.2) is 9.69 Å². The molecule has 6 heteroatoms. The number of carbonyl (C=O) groups is 2. The minimum atomic E-state index is -0.597. The quantitative estimate of drug-likeness (QED) is 0.840. The monoisotopic (exact) mass is 316 g/mol. The van der Waals surface area contributed by atoms with Gasteiger partial charge in [0, 0.05) is 5.56 Å². The first-order valence-electron chi connectivity index (χ1n) is 7.70. The van der Waals surface area contributed by atoms with Gasteiger partial charge in [-0.3, -0.25) is 4.79 Å². The number of nitrogens with zero attached hydrogens (tertiary/aromatic N) is 2. The molecular weight excluding hydrogens is 296 g/mol. The maximum Gasteiger partial charge on any atom is 0.416 e. The molecule has 0 aliphatic carbocycles. The topological polar surface area (TPSA) is 68.2 Å². The number of cyclic esters (lactones) is 1. The van der Waals surface area contributed by atoms with Gasteiger partial charge in [0.05, 0.1) is 6.54 Å². The first kappa shape index (κ1) is 15.5. The van der Waals surface area contributed by atoms with Crippen LogP contribution in [0.1, 0.15) is 29.2 Å². The van der Waals surface area contributed by atoms with Crippen LogP contribution in [0.5, 0.6) is 0 Å². The van der Waals surface area contributed by atoms with Crippen molar-refractivity contribution in [3.05, 3.63) is 34.4 Å². The zero-order chi connectivity index (χ0) is 16.7. The molecule has 1 fully saturated rings. The molecule has 0 N–H and O–H groups in total. The first-order valence-corrected chi connectivity index (χ1v) is 7.70. The summed E-state index contributed by atoms with van der Waals surface area (Å²) < 4.78 is 4.87. The van der Waals surface area contributed by atoms with Crippen molar-refractivity contribution in [1.29, 1.82) is 0 Å². The van der Waals surface area contributed by atoms with E-state index >= 15 is 0 Å². The van der Waals surface area contributed by atoms with Crippen LogP contribution in [-0.4, -0.2) is 41.9 Å². The molecule has 0 spiro atoms. The van der Waals surface area contributed by atoms with Crippen molar-refractivity contribution < 1.29 is 19.2 Å². The number of imide groups is 1. The van der Waals surface area contributed by atoms with Crippen LogP contribution >= 0.6 is 0 Å². The number of ether oxygens (including phenoxy) is 1. The van der Waals surface area contributed by atoms with Crippen LogP contribution in [0.15, 0.2) is 17.3 Å². The van der Waals surface area contributed by atoms with Crippen LogP contribution in [-0.2, 0) is 14.4 Å². The predicted molar refractivity (Wildman–Crippen MR) is 84.3 cm³/mol. The second kappa shape index (κ2) is 5.68. The Labute approximate surface area is 135 Å². The molecule has 2 heterocycles. The highest BCUT2D eigenvalue weighted by molar-refractivity contribution is 6.17. The molecule has 2 aliphatic heterocycles. The summed E-state index contributed by atoms with van der Waals surface area (Å²) in [6.45, 7) is 8.32. The molecule has 0 saturated carbocycles. The molecule has 0 aromatic heterocycles. The van der Waals surface area contributed by atoms with Gasteiger partial charge >= 0.3 is 6.09 Å². The second-order valence-electron chi connectivity index (χ2n) is 6.14. The van der Waals surface area contributed by atoms with Crippen molar-refractivity contribution in [3.63, 3.8) is 0 Å². The molecule has 1 aromatic carbocycles. The molecule has 0 bridgehead atoms. The summed E-state index contributed by atoms with van der Waals surface area (Å²) in [7, 11) is 0. The van der Waals surface area contributed by atoms with E-state index in [1.807, 2.05) is 20.8 Å². The lowest BCUT2D eigenvalue weighted by molar-refractivity contribution is -0.132. The molecule has 23 heavy (non-hydrogen) atoms. The minimum absolute atomic E-state index is 0.238. The number of amides is 2. The Morgan fingerprint density at radius 3 is 2.48 bits per heavy atom. The van der Waals surface area contributed by atoms with E-state index in [2.05, 4.69) is 17.3 Å². The van der Waals surface area contributed by atoms with Crippen molar-refractivity contribution in [2.24, 2.45) is 11.1 Å². The van der Waals surface area contributed by atoms with E-state index in [9.17, 15) is 9.59 Å². The molecule has 122 valence electrons. The lowest BCUT2D eigenvalue weighted by Gasteiger charge is -2.21. The average Bonchev–Trinajstić information content (AvgIpc) is 3.04. The third-order valence-corrected chi connectivity index (χ3v) is 4.31. The van der Waals surface area contributed by atoms with Crippen molar-refractivity contribution in [2.75, 3.05) is 13.2 Å². The summed E-state index contributed by atoms with van der Waals surface area (Å²) in [5.41, 5.74) is 4.76. The fourth-order valence-corrected chi connectivity index (χ4v) is 3.34. The maximum absolute atomic E-state index is 12.8. The molecule has 2 aliphatic rings. The van der Waals surface area contributed by atoms with E-state index < -0.39 is 18.1 Å². The lowest BCUT2D eigenvalue weighted by atomic mass is 9.86. The first-order chi connectivity index (χ1) is 10.9. The van der Waals surface area contributed by atoms with Crippen LogP contribution in [0.2, 0.25) is 0 Å². The molecule has 2 unspecified atom stereocenters. The summed E-state index contributed by atoms with van der Waals surface area (Å²) in [5, 5.41) is 4.15. The summed E-state index contributed by atoms with van der Waals surface area (Å²) in [6.07, 6.45) is -1.00. The summed E-state index contributed by atoms with van der Waals surface area (Å²) in [4.78, 5) is 31.0. The fourth-order valence-electron chi connectivity index (χ4n) is 3.34. The molecule has 3 rings (SSSR count). The normalized spacial score (nSPS) is 23.6. The molecular formula is C17H20N2O4. The van der Waals surface area contributed by atoms with Crippen molar-refractivity contribution >= 4 is 17.7 Å². The molecule has 2 atom stereocenters. The van der Waals surface area contributed by atoms with E-state index in [0.29, 0.717) is 5.71 Å². The molecule has 1 saturated heterocycles. The number of hydrogen-bond donors (Lipinski definition) is 0. The average molecular weight is 316 g/mol. The molecule has 2 amide bonds. The Hall–Kier alpha value is -2.37. The number of benzene rings is 1.